The molecule has 0 spiro atoms. The molecule has 192 valence electrons. The van der Waals surface area contributed by atoms with Crippen LogP contribution in [0.15, 0.2) is 66.7 Å². The molecule has 0 fully saturated rings. The van der Waals surface area contributed by atoms with Crippen LogP contribution in [0.3, 0.4) is 0 Å². The number of hydrogen-bond donors (Lipinski definition) is 1. The zero-order valence-corrected chi connectivity index (χ0v) is 21.5. The average Bonchev–Trinajstić information content (AvgIpc) is 2.89. The van der Waals surface area contributed by atoms with Gasteiger partial charge in [-0.05, 0) is 42.0 Å². The van der Waals surface area contributed by atoms with Crippen molar-refractivity contribution in [3.05, 3.63) is 77.9 Å². The van der Waals surface area contributed by atoms with E-state index in [1.165, 1.54) is 18.5 Å². The second-order valence-electron chi connectivity index (χ2n) is 7.79. The van der Waals surface area contributed by atoms with E-state index in [1.54, 1.807) is 55.6 Å². The molecule has 0 heterocycles. The number of carbonyl (C=O) groups excluding carboxylic acids is 1. The first-order chi connectivity index (χ1) is 17.2. The van der Waals surface area contributed by atoms with Crippen molar-refractivity contribution >= 4 is 21.6 Å². The Morgan fingerprint density at radius 3 is 2.17 bits per heavy atom. The summed E-state index contributed by atoms with van der Waals surface area (Å²) >= 11 is 0. The first-order valence-electron chi connectivity index (χ1n) is 11.1. The highest BCUT2D eigenvalue weighted by atomic mass is 32.2. The van der Waals surface area contributed by atoms with Gasteiger partial charge in [-0.1, -0.05) is 18.2 Å². The fourth-order valence-corrected chi connectivity index (χ4v) is 4.32. The molecule has 3 rings (SSSR count). The highest BCUT2D eigenvalue weighted by Crippen LogP contribution is 2.34. The standard InChI is InChI=1S/C26H30N2O7S/c1-32-21-6-5-7-23(16-21)35-15-14-27-26(29)20-10-8-19(9-11-20)18-28(36(4,30)31)24-13-12-22(33-2)17-25(24)34-3/h5-13,16-17H,14-15,18H2,1-4H3,(H,27,29). The molecular formula is C26H30N2O7S. The number of ether oxygens (including phenoxy) is 4. The van der Waals surface area contributed by atoms with Crippen LogP contribution in [-0.2, 0) is 16.6 Å². The Labute approximate surface area is 211 Å². The van der Waals surface area contributed by atoms with Gasteiger partial charge in [-0.15, -0.1) is 0 Å². The van der Waals surface area contributed by atoms with Crippen molar-refractivity contribution in [1.82, 2.24) is 5.32 Å². The summed E-state index contributed by atoms with van der Waals surface area (Å²) < 4.78 is 47.8. The molecule has 0 aromatic heterocycles. The Balaban J connectivity index is 1.62. The van der Waals surface area contributed by atoms with Gasteiger partial charge in [0.05, 0.1) is 46.4 Å². The van der Waals surface area contributed by atoms with Crippen molar-refractivity contribution in [2.45, 2.75) is 6.54 Å². The van der Waals surface area contributed by atoms with Crippen LogP contribution in [-0.4, -0.2) is 55.1 Å². The van der Waals surface area contributed by atoms with Crippen molar-refractivity contribution in [2.24, 2.45) is 0 Å². The smallest absolute Gasteiger partial charge is 0.251 e. The van der Waals surface area contributed by atoms with Crippen molar-refractivity contribution in [1.29, 1.82) is 0 Å². The van der Waals surface area contributed by atoms with Crippen LogP contribution in [0.1, 0.15) is 15.9 Å². The van der Waals surface area contributed by atoms with Crippen molar-refractivity contribution < 1.29 is 32.2 Å². The molecular weight excluding hydrogens is 484 g/mol. The molecule has 10 heteroatoms. The third-order valence-electron chi connectivity index (χ3n) is 5.30. The monoisotopic (exact) mass is 514 g/mol. The molecule has 1 amide bonds. The summed E-state index contributed by atoms with van der Waals surface area (Å²) in [5, 5.41) is 2.80. The van der Waals surface area contributed by atoms with E-state index in [4.69, 9.17) is 18.9 Å². The molecule has 0 aliphatic carbocycles. The van der Waals surface area contributed by atoms with Crippen LogP contribution in [0.5, 0.6) is 23.0 Å². The molecule has 0 saturated carbocycles. The minimum absolute atomic E-state index is 0.0673. The number of amides is 1. The number of carbonyl (C=O) groups is 1. The molecule has 0 radical (unpaired) electrons. The minimum atomic E-state index is -3.63. The Bertz CT molecular complexity index is 1280. The van der Waals surface area contributed by atoms with Gasteiger partial charge in [0.1, 0.15) is 29.6 Å². The van der Waals surface area contributed by atoms with Gasteiger partial charge in [-0.2, -0.15) is 0 Å². The summed E-state index contributed by atoms with van der Waals surface area (Å²) in [6, 6.07) is 18.9. The van der Waals surface area contributed by atoms with Crippen molar-refractivity contribution in [3.8, 4) is 23.0 Å². The molecule has 3 aromatic rings. The molecule has 0 bridgehead atoms. The van der Waals surface area contributed by atoms with E-state index < -0.39 is 10.0 Å². The summed E-state index contributed by atoms with van der Waals surface area (Å²) in [5.41, 5.74) is 1.54. The zero-order chi connectivity index (χ0) is 26.1. The lowest BCUT2D eigenvalue weighted by Gasteiger charge is -2.24. The topological polar surface area (TPSA) is 103 Å². The van der Waals surface area contributed by atoms with Crippen LogP contribution in [0.25, 0.3) is 0 Å². The van der Waals surface area contributed by atoms with Gasteiger partial charge in [-0.25, -0.2) is 8.42 Å². The number of benzene rings is 3. The van der Waals surface area contributed by atoms with E-state index in [0.29, 0.717) is 53.0 Å². The van der Waals surface area contributed by atoms with Crippen LogP contribution >= 0.6 is 0 Å². The largest absolute Gasteiger partial charge is 0.497 e. The Kier molecular flexibility index (Phi) is 9.02. The molecule has 0 saturated heterocycles. The van der Waals surface area contributed by atoms with Gasteiger partial charge in [0.25, 0.3) is 5.91 Å². The lowest BCUT2D eigenvalue weighted by Crippen LogP contribution is -2.30. The first kappa shape index (κ1) is 26.7. The van der Waals surface area contributed by atoms with Gasteiger partial charge in [0, 0.05) is 17.7 Å². The molecule has 0 unspecified atom stereocenters. The average molecular weight is 515 g/mol. The lowest BCUT2D eigenvalue weighted by atomic mass is 10.1. The van der Waals surface area contributed by atoms with Gasteiger partial charge < -0.3 is 24.3 Å². The molecule has 1 N–H and O–H groups in total. The van der Waals surface area contributed by atoms with E-state index in [2.05, 4.69) is 5.32 Å². The van der Waals surface area contributed by atoms with Crippen molar-refractivity contribution in [3.63, 3.8) is 0 Å². The van der Waals surface area contributed by atoms with Crippen molar-refractivity contribution in [2.75, 3.05) is 45.0 Å². The number of methoxy groups -OCH3 is 3. The van der Waals surface area contributed by atoms with Gasteiger partial charge in [0.15, 0.2) is 0 Å². The molecule has 36 heavy (non-hydrogen) atoms. The number of hydrogen-bond acceptors (Lipinski definition) is 7. The molecule has 0 aliphatic heterocycles. The number of nitrogens with one attached hydrogen (secondary N) is 1. The Morgan fingerprint density at radius 2 is 1.53 bits per heavy atom. The van der Waals surface area contributed by atoms with Crippen LogP contribution in [0.2, 0.25) is 0 Å². The maximum atomic E-state index is 12.6. The second-order valence-corrected chi connectivity index (χ2v) is 9.69. The van der Waals surface area contributed by atoms with E-state index >= 15 is 0 Å². The number of nitrogens with zero attached hydrogens (tertiary/aromatic N) is 1. The lowest BCUT2D eigenvalue weighted by molar-refractivity contribution is 0.0947. The van der Waals surface area contributed by atoms with E-state index in [-0.39, 0.29) is 12.5 Å². The molecule has 3 aromatic carbocycles. The first-order valence-corrected chi connectivity index (χ1v) is 12.9. The SMILES string of the molecule is COc1cccc(OCCNC(=O)c2ccc(CN(c3ccc(OC)cc3OC)S(C)(=O)=O)cc2)c1. The van der Waals surface area contributed by atoms with Crippen LogP contribution < -0.4 is 28.6 Å². The summed E-state index contributed by atoms with van der Waals surface area (Å²) in [4.78, 5) is 12.5. The summed E-state index contributed by atoms with van der Waals surface area (Å²) in [7, 11) is 0.945. The maximum absolute atomic E-state index is 12.6. The fraction of sp³-hybridized carbons (Fsp3) is 0.269. The predicted molar refractivity (Wildman–Crippen MR) is 138 cm³/mol. The van der Waals surface area contributed by atoms with E-state index in [9.17, 15) is 13.2 Å². The normalized spacial score (nSPS) is 10.9. The quantitative estimate of drug-likeness (QED) is 0.369. The summed E-state index contributed by atoms with van der Waals surface area (Å²) in [6.07, 6.45) is 1.13. The fourth-order valence-electron chi connectivity index (χ4n) is 3.43. The van der Waals surface area contributed by atoms with Crippen LogP contribution in [0, 0.1) is 0 Å². The highest BCUT2D eigenvalue weighted by molar-refractivity contribution is 7.92. The van der Waals surface area contributed by atoms with E-state index in [1.807, 2.05) is 18.2 Å². The zero-order valence-electron chi connectivity index (χ0n) is 20.7. The van der Waals surface area contributed by atoms with Gasteiger partial charge in [0.2, 0.25) is 10.0 Å². The van der Waals surface area contributed by atoms with E-state index in [0.717, 1.165) is 6.26 Å². The molecule has 0 aliphatic rings. The maximum Gasteiger partial charge on any atom is 0.251 e. The summed E-state index contributed by atoms with van der Waals surface area (Å²) in [5.74, 6) is 2.00. The Hall–Kier alpha value is -3.92. The molecule has 9 nitrogen and oxygen atoms in total. The number of anilines is 1. The predicted octanol–water partition coefficient (Wildman–Crippen LogP) is 3.49. The van der Waals surface area contributed by atoms with Gasteiger partial charge >= 0.3 is 0 Å². The second kappa shape index (κ2) is 12.2. The van der Waals surface area contributed by atoms with Crippen LogP contribution in [0.4, 0.5) is 5.69 Å². The number of rotatable bonds is 12. The molecule has 0 atom stereocenters. The third kappa shape index (κ3) is 7.05. The number of sulfonamides is 1. The summed E-state index contributed by atoms with van der Waals surface area (Å²) in [6.45, 7) is 0.679. The Morgan fingerprint density at radius 1 is 0.861 bits per heavy atom. The third-order valence-corrected chi connectivity index (χ3v) is 6.42. The van der Waals surface area contributed by atoms with Gasteiger partial charge in [-0.3, -0.25) is 9.10 Å². The highest BCUT2D eigenvalue weighted by Gasteiger charge is 2.22. The minimum Gasteiger partial charge on any atom is -0.497 e.